The molecule has 0 fully saturated rings. The molecular formula is C30H32FN3O6S2. The summed E-state index contributed by atoms with van der Waals surface area (Å²) in [5, 5.41) is 5.47. The number of methoxy groups -OCH3 is 1. The highest BCUT2D eigenvalue weighted by molar-refractivity contribution is 8.00. The van der Waals surface area contributed by atoms with E-state index in [0.29, 0.717) is 34.8 Å². The molecule has 2 N–H and O–H groups in total. The summed E-state index contributed by atoms with van der Waals surface area (Å²) in [7, 11) is 1.29. The van der Waals surface area contributed by atoms with E-state index in [1.165, 1.54) is 54.5 Å². The molecule has 0 saturated heterocycles. The van der Waals surface area contributed by atoms with E-state index in [4.69, 9.17) is 9.47 Å². The molecule has 1 atom stereocenters. The number of hydrogen-bond acceptors (Lipinski definition) is 8. The van der Waals surface area contributed by atoms with Gasteiger partial charge in [0.05, 0.1) is 24.5 Å². The molecule has 1 aromatic heterocycles. The smallest absolute Gasteiger partial charge is 0.410 e. The van der Waals surface area contributed by atoms with Crippen molar-refractivity contribution in [1.82, 2.24) is 4.90 Å². The minimum absolute atomic E-state index is 0.259. The van der Waals surface area contributed by atoms with E-state index in [2.05, 4.69) is 10.6 Å². The van der Waals surface area contributed by atoms with Gasteiger partial charge in [-0.1, -0.05) is 6.07 Å². The maximum atomic E-state index is 13.2. The molecule has 0 radical (unpaired) electrons. The molecule has 0 aliphatic carbocycles. The third kappa shape index (κ3) is 7.68. The van der Waals surface area contributed by atoms with Gasteiger partial charge >= 0.3 is 12.1 Å². The minimum atomic E-state index is -0.634. The van der Waals surface area contributed by atoms with Crippen LogP contribution < -0.4 is 10.6 Å². The summed E-state index contributed by atoms with van der Waals surface area (Å²) < 4.78 is 23.7. The van der Waals surface area contributed by atoms with Crippen molar-refractivity contribution in [3.63, 3.8) is 0 Å². The Balaban J connectivity index is 1.44. The highest BCUT2D eigenvalue weighted by atomic mass is 32.2. The molecule has 1 unspecified atom stereocenters. The van der Waals surface area contributed by atoms with Crippen molar-refractivity contribution in [2.45, 2.75) is 56.4 Å². The molecular weight excluding hydrogens is 581 g/mol. The van der Waals surface area contributed by atoms with E-state index in [0.717, 1.165) is 15.3 Å². The summed E-state index contributed by atoms with van der Waals surface area (Å²) in [5.74, 6) is -1.70. The Kier molecular flexibility index (Phi) is 9.57. The van der Waals surface area contributed by atoms with Crippen LogP contribution in [-0.4, -0.2) is 53.3 Å². The number of benzene rings is 2. The maximum absolute atomic E-state index is 13.2. The summed E-state index contributed by atoms with van der Waals surface area (Å²) in [4.78, 5) is 54.2. The first kappa shape index (κ1) is 31.0. The van der Waals surface area contributed by atoms with E-state index in [9.17, 15) is 23.6 Å². The fourth-order valence-electron chi connectivity index (χ4n) is 4.21. The van der Waals surface area contributed by atoms with E-state index in [1.807, 2.05) is 6.07 Å². The lowest BCUT2D eigenvalue weighted by Crippen LogP contribution is -2.39. The topological polar surface area (TPSA) is 114 Å². The third-order valence-electron chi connectivity index (χ3n) is 6.22. The van der Waals surface area contributed by atoms with Gasteiger partial charge in [-0.05, 0) is 82.1 Å². The fourth-order valence-corrected chi connectivity index (χ4v) is 6.40. The monoisotopic (exact) mass is 613 g/mol. The van der Waals surface area contributed by atoms with E-state index >= 15 is 0 Å². The molecule has 0 spiro atoms. The summed E-state index contributed by atoms with van der Waals surface area (Å²) in [6.45, 7) is 7.76. The SMILES string of the molecule is COC(=O)c1c(NC(=O)C(C)Sc2cccc(NC(=O)c3ccc(F)cc3)c2)sc2c1CCN(C(=O)OC(C)(C)C)C2. The predicted molar refractivity (Wildman–Crippen MR) is 161 cm³/mol. The summed E-state index contributed by atoms with van der Waals surface area (Å²) in [5.41, 5.74) is 1.26. The molecule has 2 aromatic carbocycles. The van der Waals surface area contributed by atoms with Gasteiger partial charge in [-0.3, -0.25) is 9.59 Å². The lowest BCUT2D eigenvalue weighted by atomic mass is 10.0. The molecule has 12 heteroatoms. The van der Waals surface area contributed by atoms with Gasteiger partial charge in [0, 0.05) is 27.6 Å². The number of hydrogen-bond donors (Lipinski definition) is 2. The Hall–Kier alpha value is -3.90. The largest absolute Gasteiger partial charge is 0.465 e. The molecule has 222 valence electrons. The molecule has 42 heavy (non-hydrogen) atoms. The van der Waals surface area contributed by atoms with Crippen molar-refractivity contribution in [3.05, 3.63) is 75.9 Å². The van der Waals surface area contributed by atoms with Crippen molar-refractivity contribution < 1.29 is 33.0 Å². The molecule has 1 aliphatic rings. The first-order valence-electron chi connectivity index (χ1n) is 13.2. The molecule has 2 heterocycles. The number of rotatable bonds is 7. The van der Waals surface area contributed by atoms with Crippen LogP contribution >= 0.6 is 23.1 Å². The van der Waals surface area contributed by atoms with Gasteiger partial charge in [0.25, 0.3) is 5.91 Å². The van der Waals surface area contributed by atoms with E-state index in [-0.39, 0.29) is 18.4 Å². The lowest BCUT2D eigenvalue weighted by Gasteiger charge is -2.30. The number of nitrogens with zero attached hydrogens (tertiary/aromatic N) is 1. The van der Waals surface area contributed by atoms with Crippen LogP contribution in [0.25, 0.3) is 0 Å². The Morgan fingerprint density at radius 2 is 1.79 bits per heavy atom. The van der Waals surface area contributed by atoms with E-state index in [1.54, 1.807) is 50.8 Å². The van der Waals surface area contributed by atoms with E-state index < -0.39 is 28.7 Å². The highest BCUT2D eigenvalue weighted by Crippen LogP contribution is 2.38. The van der Waals surface area contributed by atoms with Crippen molar-refractivity contribution >= 4 is 57.7 Å². The highest BCUT2D eigenvalue weighted by Gasteiger charge is 2.33. The quantitative estimate of drug-likeness (QED) is 0.236. The number of anilines is 2. The minimum Gasteiger partial charge on any atom is -0.465 e. The number of nitrogens with one attached hydrogen (secondary N) is 2. The number of halogens is 1. The number of esters is 1. The number of thioether (sulfide) groups is 1. The average Bonchev–Trinajstić information content (AvgIpc) is 3.29. The van der Waals surface area contributed by atoms with Crippen LogP contribution in [0.3, 0.4) is 0 Å². The molecule has 9 nitrogen and oxygen atoms in total. The zero-order chi connectivity index (χ0) is 30.6. The Bertz CT molecular complexity index is 1500. The molecule has 4 rings (SSSR count). The Labute approximate surface area is 251 Å². The van der Waals surface area contributed by atoms with Gasteiger partial charge in [-0.25, -0.2) is 14.0 Å². The van der Waals surface area contributed by atoms with Crippen LogP contribution in [-0.2, 0) is 27.2 Å². The second-order valence-electron chi connectivity index (χ2n) is 10.6. The number of carbonyl (C=O) groups is 4. The molecule has 3 amide bonds. The third-order valence-corrected chi connectivity index (χ3v) is 8.44. The molecule has 0 bridgehead atoms. The van der Waals surface area contributed by atoms with Crippen LogP contribution in [0.4, 0.5) is 19.9 Å². The van der Waals surface area contributed by atoms with Gasteiger partial charge in [-0.15, -0.1) is 23.1 Å². The van der Waals surface area contributed by atoms with Crippen LogP contribution in [0.1, 0.15) is 58.9 Å². The summed E-state index contributed by atoms with van der Waals surface area (Å²) in [6, 6.07) is 12.3. The van der Waals surface area contributed by atoms with Gasteiger partial charge < -0.3 is 25.0 Å². The summed E-state index contributed by atoms with van der Waals surface area (Å²) >= 11 is 2.52. The summed E-state index contributed by atoms with van der Waals surface area (Å²) in [6.07, 6.45) is -0.0144. The normalized spacial score (nSPS) is 13.5. The number of ether oxygens (including phenoxy) is 2. The Morgan fingerprint density at radius 3 is 2.45 bits per heavy atom. The zero-order valence-electron chi connectivity index (χ0n) is 23.9. The van der Waals surface area contributed by atoms with Crippen molar-refractivity contribution in [3.8, 4) is 0 Å². The number of carbonyl (C=O) groups excluding carboxylic acids is 4. The first-order valence-corrected chi connectivity index (χ1v) is 14.9. The first-order chi connectivity index (χ1) is 19.8. The maximum Gasteiger partial charge on any atom is 0.410 e. The van der Waals surface area contributed by atoms with Crippen LogP contribution in [0.2, 0.25) is 0 Å². The number of thiophene rings is 1. The van der Waals surface area contributed by atoms with Crippen molar-refractivity contribution in [2.24, 2.45) is 0 Å². The van der Waals surface area contributed by atoms with Crippen molar-refractivity contribution in [1.29, 1.82) is 0 Å². The predicted octanol–water partition coefficient (Wildman–Crippen LogP) is 6.34. The molecule has 1 aliphatic heterocycles. The van der Waals surface area contributed by atoms with Gasteiger partial charge in [-0.2, -0.15) is 0 Å². The zero-order valence-corrected chi connectivity index (χ0v) is 25.5. The van der Waals surface area contributed by atoms with Crippen LogP contribution in [0.5, 0.6) is 0 Å². The standard InChI is InChI=1S/C30H32FN3O6S2/c1-17(41-21-8-6-7-20(15-21)32-26(36)18-9-11-19(31)12-10-18)25(35)33-27-24(28(37)39-5)22-13-14-34(16-23(22)42-27)29(38)40-30(2,3)4/h6-12,15,17H,13-14,16H2,1-5H3,(H,32,36)(H,33,35). The van der Waals surface area contributed by atoms with Gasteiger partial charge in [0.15, 0.2) is 0 Å². The van der Waals surface area contributed by atoms with Gasteiger partial charge in [0.2, 0.25) is 5.91 Å². The average molecular weight is 614 g/mol. The molecule has 3 aromatic rings. The Morgan fingerprint density at radius 1 is 1.07 bits per heavy atom. The number of amides is 3. The second kappa shape index (κ2) is 13.0. The fraction of sp³-hybridized carbons (Fsp3) is 0.333. The van der Waals surface area contributed by atoms with Gasteiger partial charge in [0.1, 0.15) is 16.4 Å². The molecule has 0 saturated carbocycles. The number of fused-ring (bicyclic) bond motifs is 1. The van der Waals surface area contributed by atoms with Crippen molar-refractivity contribution in [2.75, 3.05) is 24.3 Å². The lowest BCUT2D eigenvalue weighted by molar-refractivity contribution is -0.115. The second-order valence-corrected chi connectivity index (χ2v) is 13.1. The van der Waals surface area contributed by atoms with Crippen LogP contribution in [0, 0.1) is 5.82 Å². The van der Waals surface area contributed by atoms with Crippen LogP contribution in [0.15, 0.2) is 53.4 Å².